The molecule has 0 saturated heterocycles. The molecule has 1 N–H and O–H groups in total. The Balaban J connectivity index is 2.68. The second-order valence-corrected chi connectivity index (χ2v) is 4.46. The van der Waals surface area contributed by atoms with Crippen molar-refractivity contribution in [2.45, 2.75) is 19.3 Å². The number of aliphatic carboxylic acids is 1. The fourth-order valence-corrected chi connectivity index (χ4v) is 2.05. The van der Waals surface area contributed by atoms with E-state index in [4.69, 9.17) is 5.11 Å². The van der Waals surface area contributed by atoms with Crippen LogP contribution in [0.25, 0.3) is 0 Å². The van der Waals surface area contributed by atoms with E-state index in [1.807, 2.05) is 26.0 Å². The van der Waals surface area contributed by atoms with Gasteiger partial charge in [-0.2, -0.15) is 0 Å². The third-order valence-corrected chi connectivity index (χ3v) is 2.85. The molecule has 0 aromatic heterocycles. The van der Waals surface area contributed by atoms with Crippen LogP contribution in [0.5, 0.6) is 0 Å². The van der Waals surface area contributed by atoms with Crippen molar-refractivity contribution in [3.63, 3.8) is 0 Å². The van der Waals surface area contributed by atoms with Gasteiger partial charge in [0.25, 0.3) is 0 Å². The lowest BCUT2D eigenvalue weighted by molar-refractivity contribution is -0.132. The van der Waals surface area contributed by atoms with Gasteiger partial charge in [-0.15, -0.1) is 0 Å². The van der Waals surface area contributed by atoms with Crippen molar-refractivity contribution in [1.29, 1.82) is 0 Å². The van der Waals surface area contributed by atoms with E-state index in [9.17, 15) is 9.59 Å². The standard InChI is InChI=1S/C13H12O3/c1-13(2)7-9(12(15)16)11(14)8-5-3-4-6-10(8)13/h3-7H,1-2H3,(H,15,16). The normalized spacial score (nSPS) is 17.6. The molecule has 0 amide bonds. The summed E-state index contributed by atoms with van der Waals surface area (Å²) in [6.45, 7) is 3.81. The molecular formula is C13H12O3. The van der Waals surface area contributed by atoms with Crippen LogP contribution in [0.2, 0.25) is 0 Å². The highest BCUT2D eigenvalue weighted by Gasteiger charge is 2.34. The topological polar surface area (TPSA) is 54.4 Å². The Kier molecular flexibility index (Phi) is 2.19. The highest BCUT2D eigenvalue weighted by atomic mass is 16.4. The third-order valence-electron chi connectivity index (χ3n) is 2.85. The number of allylic oxidation sites excluding steroid dienone is 1. The number of ketones is 1. The van der Waals surface area contributed by atoms with Gasteiger partial charge in [0.15, 0.2) is 5.78 Å². The Bertz CT molecular complexity index is 510. The van der Waals surface area contributed by atoms with Gasteiger partial charge in [0.05, 0.1) is 0 Å². The summed E-state index contributed by atoms with van der Waals surface area (Å²) in [5.41, 5.74) is 0.819. The molecule has 0 unspecified atom stereocenters. The Morgan fingerprint density at radius 1 is 1.25 bits per heavy atom. The van der Waals surface area contributed by atoms with E-state index in [1.165, 1.54) is 6.08 Å². The molecule has 0 bridgehead atoms. The summed E-state index contributed by atoms with van der Waals surface area (Å²) in [5, 5.41) is 8.98. The van der Waals surface area contributed by atoms with E-state index >= 15 is 0 Å². The van der Waals surface area contributed by atoms with E-state index in [2.05, 4.69) is 0 Å². The van der Waals surface area contributed by atoms with E-state index in [0.29, 0.717) is 5.56 Å². The first-order chi connectivity index (χ1) is 7.43. The van der Waals surface area contributed by atoms with Crippen molar-refractivity contribution in [3.8, 4) is 0 Å². The van der Waals surface area contributed by atoms with Crippen LogP contribution in [0.15, 0.2) is 35.9 Å². The van der Waals surface area contributed by atoms with Crippen LogP contribution in [0.3, 0.4) is 0 Å². The van der Waals surface area contributed by atoms with Gasteiger partial charge in [0, 0.05) is 11.0 Å². The number of carbonyl (C=O) groups excluding carboxylic acids is 1. The fraction of sp³-hybridized carbons (Fsp3) is 0.231. The average Bonchev–Trinajstić information content (AvgIpc) is 2.23. The fourth-order valence-electron chi connectivity index (χ4n) is 2.05. The maximum Gasteiger partial charge on any atom is 0.339 e. The SMILES string of the molecule is CC1(C)C=C(C(=O)O)C(=O)c2ccccc21. The van der Waals surface area contributed by atoms with Crippen molar-refractivity contribution in [2.24, 2.45) is 0 Å². The molecule has 1 aliphatic carbocycles. The van der Waals surface area contributed by atoms with Gasteiger partial charge in [-0.05, 0) is 5.56 Å². The van der Waals surface area contributed by atoms with Crippen LogP contribution in [0.1, 0.15) is 29.8 Å². The Labute approximate surface area is 93.4 Å². The van der Waals surface area contributed by atoms with Gasteiger partial charge in [-0.1, -0.05) is 44.2 Å². The number of fused-ring (bicyclic) bond motifs is 1. The minimum absolute atomic E-state index is 0.135. The maximum atomic E-state index is 11.9. The smallest absolute Gasteiger partial charge is 0.339 e. The highest BCUT2D eigenvalue weighted by Crippen LogP contribution is 2.34. The molecule has 0 atom stereocenters. The molecule has 2 rings (SSSR count). The number of carboxylic acid groups (broad SMARTS) is 1. The summed E-state index contributed by atoms with van der Waals surface area (Å²) >= 11 is 0. The largest absolute Gasteiger partial charge is 0.478 e. The second-order valence-electron chi connectivity index (χ2n) is 4.46. The lowest BCUT2D eigenvalue weighted by atomic mass is 9.74. The number of rotatable bonds is 1. The predicted octanol–water partition coefficient (Wildman–Crippen LogP) is 2.17. The zero-order chi connectivity index (χ0) is 11.9. The second kappa shape index (κ2) is 3.30. The quantitative estimate of drug-likeness (QED) is 0.732. The number of hydrogen-bond donors (Lipinski definition) is 1. The Hall–Kier alpha value is -1.90. The zero-order valence-electron chi connectivity index (χ0n) is 9.15. The van der Waals surface area contributed by atoms with E-state index in [-0.39, 0.29) is 5.57 Å². The molecule has 0 fully saturated rings. The van der Waals surface area contributed by atoms with Gasteiger partial charge in [-0.25, -0.2) is 4.79 Å². The summed E-state index contributed by atoms with van der Waals surface area (Å²) in [7, 11) is 0. The number of Topliss-reactive ketones (excluding diaryl/α,β-unsaturated/α-hetero) is 1. The molecule has 1 aliphatic rings. The lowest BCUT2D eigenvalue weighted by Gasteiger charge is -2.28. The van der Waals surface area contributed by atoms with Crippen LogP contribution < -0.4 is 0 Å². The number of hydrogen-bond acceptors (Lipinski definition) is 2. The highest BCUT2D eigenvalue weighted by molar-refractivity contribution is 6.25. The van der Waals surface area contributed by atoms with Crippen molar-refractivity contribution in [1.82, 2.24) is 0 Å². The van der Waals surface area contributed by atoms with E-state index in [0.717, 1.165) is 5.56 Å². The van der Waals surface area contributed by atoms with Gasteiger partial charge in [0.1, 0.15) is 5.57 Å². The molecule has 0 aliphatic heterocycles. The van der Waals surface area contributed by atoms with Gasteiger partial charge >= 0.3 is 5.97 Å². The van der Waals surface area contributed by atoms with Crippen LogP contribution >= 0.6 is 0 Å². The van der Waals surface area contributed by atoms with Crippen molar-refractivity contribution < 1.29 is 14.7 Å². The molecule has 0 heterocycles. The van der Waals surface area contributed by atoms with Crippen LogP contribution in [0, 0.1) is 0 Å². The molecule has 3 heteroatoms. The molecule has 1 aromatic rings. The van der Waals surface area contributed by atoms with Gasteiger partial charge in [0.2, 0.25) is 0 Å². The molecule has 82 valence electrons. The summed E-state index contributed by atoms with van der Waals surface area (Å²) in [6, 6.07) is 7.14. The average molecular weight is 216 g/mol. The lowest BCUT2D eigenvalue weighted by Crippen LogP contribution is -2.28. The molecule has 1 aromatic carbocycles. The first-order valence-electron chi connectivity index (χ1n) is 5.04. The molecule has 3 nitrogen and oxygen atoms in total. The van der Waals surface area contributed by atoms with Crippen LogP contribution in [-0.2, 0) is 10.2 Å². The first-order valence-corrected chi connectivity index (χ1v) is 5.04. The van der Waals surface area contributed by atoms with Crippen LogP contribution in [0.4, 0.5) is 0 Å². The van der Waals surface area contributed by atoms with E-state index in [1.54, 1.807) is 12.1 Å². The summed E-state index contributed by atoms with van der Waals surface area (Å²) in [4.78, 5) is 22.9. The minimum atomic E-state index is -1.16. The Morgan fingerprint density at radius 3 is 2.50 bits per heavy atom. The van der Waals surface area contributed by atoms with E-state index < -0.39 is 17.2 Å². The molecule has 0 radical (unpaired) electrons. The molecule has 0 saturated carbocycles. The number of carbonyl (C=O) groups is 2. The minimum Gasteiger partial charge on any atom is -0.478 e. The van der Waals surface area contributed by atoms with Gasteiger partial charge < -0.3 is 5.11 Å². The Morgan fingerprint density at radius 2 is 1.88 bits per heavy atom. The van der Waals surface area contributed by atoms with Crippen molar-refractivity contribution >= 4 is 11.8 Å². The number of benzene rings is 1. The monoisotopic (exact) mass is 216 g/mol. The zero-order valence-corrected chi connectivity index (χ0v) is 9.15. The third kappa shape index (κ3) is 1.45. The molecular weight excluding hydrogens is 204 g/mol. The van der Waals surface area contributed by atoms with Crippen molar-refractivity contribution in [3.05, 3.63) is 47.0 Å². The number of carboxylic acids is 1. The predicted molar refractivity (Wildman–Crippen MR) is 59.5 cm³/mol. The summed E-state index contributed by atoms with van der Waals surface area (Å²) < 4.78 is 0. The van der Waals surface area contributed by atoms with Gasteiger partial charge in [-0.3, -0.25) is 4.79 Å². The van der Waals surface area contributed by atoms with Crippen molar-refractivity contribution in [2.75, 3.05) is 0 Å². The summed E-state index contributed by atoms with van der Waals surface area (Å²) in [5.74, 6) is -1.56. The first kappa shape index (κ1) is 10.6. The summed E-state index contributed by atoms with van der Waals surface area (Å²) in [6.07, 6.45) is 1.53. The maximum absolute atomic E-state index is 11.9. The van der Waals surface area contributed by atoms with Crippen LogP contribution in [-0.4, -0.2) is 16.9 Å². The molecule has 0 spiro atoms. The molecule has 16 heavy (non-hydrogen) atoms.